The zero-order valence-corrected chi connectivity index (χ0v) is 36.2. The van der Waals surface area contributed by atoms with Crippen LogP contribution >= 0.6 is 31.3 Å². The van der Waals surface area contributed by atoms with Crippen LogP contribution in [0.15, 0.2) is 15.8 Å². The number of aromatic amines is 1. The number of aryl methyl sites for hydroxylation is 1. The molecule has 56 heavy (non-hydrogen) atoms. The van der Waals surface area contributed by atoms with Crippen LogP contribution in [0.3, 0.4) is 0 Å². The molecule has 1 aromatic rings. The molecule has 330 valence electrons. The largest absolute Gasteiger partial charge is 0.472 e. The molecule has 1 saturated heterocycles. The fourth-order valence-corrected chi connectivity index (χ4v) is 7.47. The Hall–Kier alpha value is -0.960. The lowest BCUT2D eigenvalue weighted by molar-refractivity contribution is -0.0469. The van der Waals surface area contributed by atoms with E-state index in [2.05, 4.69) is 14.0 Å². The third-order valence-electron chi connectivity index (χ3n) is 7.28. The average molecular weight is 893 g/mol. The predicted octanol–water partition coefficient (Wildman–Crippen LogP) is 5.24. The third kappa shape index (κ3) is 23.6. The molecule has 0 aromatic carbocycles. The van der Waals surface area contributed by atoms with E-state index in [0.29, 0.717) is 25.7 Å². The topological polar surface area (TPSA) is 296 Å². The van der Waals surface area contributed by atoms with Crippen molar-refractivity contribution >= 4 is 31.3 Å². The van der Waals surface area contributed by atoms with E-state index >= 15 is 0 Å². The van der Waals surface area contributed by atoms with Crippen LogP contribution in [0, 0.1) is 6.92 Å². The van der Waals surface area contributed by atoms with Crippen molar-refractivity contribution in [3.8, 4) is 0 Å². The van der Waals surface area contributed by atoms with Crippen LogP contribution in [0.25, 0.3) is 0 Å². The van der Waals surface area contributed by atoms with Crippen molar-refractivity contribution in [1.29, 1.82) is 0 Å². The van der Waals surface area contributed by atoms with Crippen LogP contribution in [0.2, 0.25) is 0 Å². The number of aromatic nitrogens is 2. The molecule has 1 aliphatic heterocycles. The van der Waals surface area contributed by atoms with Gasteiger partial charge < -0.3 is 29.0 Å². The van der Waals surface area contributed by atoms with Crippen LogP contribution < -0.4 is 11.2 Å². The molecular weight excluding hydrogens is 832 g/mol. The first-order chi connectivity index (χ1) is 26.3. The number of H-pyrrole nitrogens is 1. The minimum Gasteiger partial charge on any atom is -0.377 e. The predicted molar refractivity (Wildman–Crippen MR) is 201 cm³/mol. The van der Waals surface area contributed by atoms with Gasteiger partial charge >= 0.3 is 37.0 Å². The van der Waals surface area contributed by atoms with Crippen LogP contribution in [-0.4, -0.2) is 101 Å². The summed E-state index contributed by atoms with van der Waals surface area (Å²) in [5.74, 6) is 0. The van der Waals surface area contributed by atoms with Crippen molar-refractivity contribution < 1.29 is 83.5 Å². The van der Waals surface area contributed by atoms with E-state index in [1.54, 1.807) is 0 Å². The summed E-state index contributed by atoms with van der Waals surface area (Å²) in [6.45, 7) is 8.72. The molecule has 26 heteroatoms. The summed E-state index contributed by atoms with van der Waals surface area (Å²) in [7, 11) is -17.0. The Kier molecular flexibility index (Phi) is 26.3. The molecule has 0 amide bonds. The van der Waals surface area contributed by atoms with Gasteiger partial charge in [0.05, 0.1) is 59.5 Å². The van der Waals surface area contributed by atoms with E-state index in [4.69, 9.17) is 36.6 Å². The number of hydrogen-bond donors (Lipinski definition) is 5. The molecule has 0 bridgehead atoms. The molecule has 4 unspecified atom stereocenters. The number of ether oxygens (including phenoxy) is 2. The molecule has 5 N–H and O–H groups in total. The number of nitrogens with zero attached hydrogens (tertiary/aromatic N) is 1. The highest BCUT2D eigenvalue weighted by atomic mass is 31.2. The van der Waals surface area contributed by atoms with Crippen molar-refractivity contribution in [2.24, 2.45) is 0 Å². The fraction of sp³-hybridized carbons (Fsp3) is 0.867. The normalized spacial score (nSPS) is 21.3. The summed E-state index contributed by atoms with van der Waals surface area (Å²) in [6, 6.07) is 0. The molecule has 0 radical (unpaired) electrons. The zero-order valence-electron chi connectivity index (χ0n) is 32.6. The molecular formula is C30H60N2O20P4. The minimum absolute atomic E-state index is 0.00185. The van der Waals surface area contributed by atoms with E-state index in [0.717, 1.165) is 30.3 Å². The molecule has 0 spiro atoms. The maximum atomic E-state index is 12.3. The number of hydrogen-bond acceptors (Lipinski definition) is 16. The Bertz CT molecular complexity index is 1530. The lowest BCUT2D eigenvalue weighted by atomic mass is 10.2. The Balaban J connectivity index is 0.000000601. The van der Waals surface area contributed by atoms with Crippen LogP contribution in [0.5, 0.6) is 0 Å². The smallest absolute Gasteiger partial charge is 0.377 e. The average Bonchev–Trinajstić information content (AvgIpc) is 3.50. The number of unbranched alkanes of at least 4 members (excludes halogenated alkanes) is 4. The van der Waals surface area contributed by atoms with E-state index in [1.807, 2.05) is 27.7 Å². The first-order valence-electron chi connectivity index (χ1n) is 18.4. The first kappa shape index (κ1) is 53.1. The SMILES string of the molecule is CCCCOP(=O)(O)OCCOCCOP(=O)(O)OCCCC.CCCCOP(=O)(O)OC[C@H]1O[C@@H](n2cc(C)c(=O)[nH]c2=O)C[C@H]1OP(=O)(O)OCCCC. The molecule has 1 fully saturated rings. The Morgan fingerprint density at radius 2 is 1.07 bits per heavy atom. The second kappa shape index (κ2) is 27.7. The van der Waals surface area contributed by atoms with E-state index in [1.165, 1.54) is 13.1 Å². The molecule has 0 saturated carbocycles. The quantitative estimate of drug-likeness (QED) is 0.0487. The molecule has 22 nitrogen and oxygen atoms in total. The van der Waals surface area contributed by atoms with Gasteiger partial charge in [-0.3, -0.25) is 50.5 Å². The van der Waals surface area contributed by atoms with Crippen molar-refractivity contribution in [2.75, 3.05) is 59.5 Å². The molecule has 0 aliphatic carbocycles. The van der Waals surface area contributed by atoms with Gasteiger partial charge in [0, 0.05) is 18.2 Å². The summed E-state index contributed by atoms with van der Waals surface area (Å²) < 4.78 is 97.9. The molecule has 2 heterocycles. The van der Waals surface area contributed by atoms with E-state index in [9.17, 15) is 47.4 Å². The summed E-state index contributed by atoms with van der Waals surface area (Å²) in [5, 5.41) is 0. The Morgan fingerprint density at radius 3 is 1.52 bits per heavy atom. The summed E-state index contributed by atoms with van der Waals surface area (Å²) in [5.41, 5.74) is -1.06. The van der Waals surface area contributed by atoms with Gasteiger partial charge in [-0.1, -0.05) is 53.4 Å². The van der Waals surface area contributed by atoms with Gasteiger partial charge in [0.1, 0.15) is 18.4 Å². The highest BCUT2D eigenvalue weighted by molar-refractivity contribution is 7.48. The van der Waals surface area contributed by atoms with Crippen molar-refractivity contribution in [2.45, 2.75) is 111 Å². The maximum absolute atomic E-state index is 12.3. The lowest BCUT2D eigenvalue weighted by Gasteiger charge is -2.22. The molecule has 7 atom stereocenters. The highest BCUT2D eigenvalue weighted by Crippen LogP contribution is 2.50. The molecule has 1 aliphatic rings. The van der Waals surface area contributed by atoms with Crippen LogP contribution in [0.4, 0.5) is 0 Å². The summed E-state index contributed by atoms with van der Waals surface area (Å²) >= 11 is 0. The lowest BCUT2D eigenvalue weighted by Crippen LogP contribution is -2.33. The summed E-state index contributed by atoms with van der Waals surface area (Å²) in [4.78, 5) is 64.5. The van der Waals surface area contributed by atoms with Crippen LogP contribution in [0.1, 0.15) is 97.3 Å². The van der Waals surface area contributed by atoms with Crippen LogP contribution in [-0.2, 0) is 63.9 Å². The molecule has 1 aromatic heterocycles. The summed E-state index contributed by atoms with van der Waals surface area (Å²) in [6.07, 6.45) is 3.58. The van der Waals surface area contributed by atoms with Gasteiger partial charge in [-0.25, -0.2) is 23.1 Å². The monoisotopic (exact) mass is 892 g/mol. The van der Waals surface area contributed by atoms with Gasteiger partial charge in [-0.05, 0) is 32.6 Å². The van der Waals surface area contributed by atoms with Gasteiger partial charge in [0.15, 0.2) is 0 Å². The van der Waals surface area contributed by atoms with Crippen molar-refractivity contribution in [3.63, 3.8) is 0 Å². The Morgan fingerprint density at radius 1 is 0.661 bits per heavy atom. The Labute approximate surface area is 326 Å². The third-order valence-corrected chi connectivity index (χ3v) is 11.3. The van der Waals surface area contributed by atoms with E-state index < -0.39 is 67.6 Å². The van der Waals surface area contributed by atoms with Crippen molar-refractivity contribution in [3.05, 3.63) is 32.6 Å². The van der Waals surface area contributed by atoms with Gasteiger partial charge in [-0.15, -0.1) is 0 Å². The number of rotatable bonds is 30. The van der Waals surface area contributed by atoms with Gasteiger partial charge in [0.25, 0.3) is 5.56 Å². The number of phosphoric acid groups is 4. The number of nitrogens with one attached hydrogen (secondary N) is 1. The fourth-order valence-electron chi connectivity index (χ4n) is 4.24. The van der Waals surface area contributed by atoms with Crippen molar-refractivity contribution in [1.82, 2.24) is 9.55 Å². The molecule has 2 rings (SSSR count). The van der Waals surface area contributed by atoms with E-state index in [-0.39, 0.29) is 64.8 Å². The second-order valence-corrected chi connectivity index (χ2v) is 17.9. The first-order valence-corrected chi connectivity index (χ1v) is 24.4. The second-order valence-electron chi connectivity index (χ2n) is 12.2. The van der Waals surface area contributed by atoms with Gasteiger partial charge in [0.2, 0.25) is 0 Å². The highest BCUT2D eigenvalue weighted by Gasteiger charge is 2.43. The standard InChI is InChI=1S/C18H32N2O11P2.C12H28O9P2/c1-4-6-8-27-32(23,24)29-12-15-14(31-33(25,26)28-9-7-5-2)10-16(30-15)20-11-13(3)17(21)19-18(20)22;1-3-5-7-18-22(13,14)20-11-9-17-10-12-21-23(15,16)19-8-6-4-2/h11,14-16H,4-10,12H2,1-3H3,(H,23,24)(H,25,26)(H,19,21,22);3-12H2,1-2H3,(H,13,14)(H,15,16)/t14-,15-,16-;/m1./s1. The minimum atomic E-state index is -4.49. The van der Waals surface area contributed by atoms with Gasteiger partial charge in [-0.2, -0.15) is 0 Å². The number of phosphoric ester groups is 4. The maximum Gasteiger partial charge on any atom is 0.472 e. The zero-order chi connectivity index (χ0) is 42.3.